The molecule has 0 amide bonds. The summed E-state index contributed by atoms with van der Waals surface area (Å²) >= 11 is 0. The molecule has 3 heteroatoms. The van der Waals surface area contributed by atoms with E-state index in [0.717, 1.165) is 19.3 Å². The quantitative estimate of drug-likeness (QED) is 0.530. The first-order chi connectivity index (χ1) is 8.21. The van der Waals surface area contributed by atoms with Gasteiger partial charge in [0.05, 0.1) is 6.10 Å². The minimum Gasteiger partial charge on any atom is -0.413 e. The van der Waals surface area contributed by atoms with Crippen LogP contribution in [-0.2, 0) is 4.43 Å². The van der Waals surface area contributed by atoms with Crippen molar-refractivity contribution in [1.29, 1.82) is 0 Å². The van der Waals surface area contributed by atoms with E-state index in [1.54, 1.807) is 0 Å². The molecule has 0 radical (unpaired) electrons. The van der Waals surface area contributed by atoms with Gasteiger partial charge in [0.1, 0.15) is 0 Å². The highest BCUT2D eigenvalue weighted by atomic mass is 28.4. The van der Waals surface area contributed by atoms with Crippen molar-refractivity contribution in [3.05, 3.63) is 12.2 Å². The summed E-state index contributed by atoms with van der Waals surface area (Å²) in [4.78, 5) is 0. The summed E-state index contributed by atoms with van der Waals surface area (Å²) in [5, 5.41) is 8.93. The predicted octanol–water partition coefficient (Wildman–Crippen LogP) is 3.73. The summed E-state index contributed by atoms with van der Waals surface area (Å²) in [6.07, 6.45) is 7.98. The lowest BCUT2D eigenvalue weighted by Gasteiger charge is -2.34. The topological polar surface area (TPSA) is 29.5 Å². The standard InChI is InChI=1S/C14H28O2Si/c1-4-17(5-2,6-3)16-14-11-7-9-13(14)10-8-12-15/h7,9,13-15H,4-6,8,10-12H2,1-3H3. The summed E-state index contributed by atoms with van der Waals surface area (Å²) in [5.41, 5.74) is 0. The maximum atomic E-state index is 8.93. The fourth-order valence-electron chi connectivity index (χ4n) is 2.75. The van der Waals surface area contributed by atoms with Gasteiger partial charge in [-0.15, -0.1) is 0 Å². The van der Waals surface area contributed by atoms with Gasteiger partial charge in [-0.2, -0.15) is 0 Å². The first kappa shape index (κ1) is 14.9. The third-order valence-corrected chi connectivity index (χ3v) is 8.93. The van der Waals surface area contributed by atoms with E-state index in [9.17, 15) is 0 Å². The molecule has 0 bridgehead atoms. The van der Waals surface area contributed by atoms with Gasteiger partial charge in [-0.1, -0.05) is 32.9 Å². The van der Waals surface area contributed by atoms with E-state index < -0.39 is 8.32 Å². The van der Waals surface area contributed by atoms with Crippen molar-refractivity contribution in [2.75, 3.05) is 6.61 Å². The largest absolute Gasteiger partial charge is 0.413 e. The van der Waals surface area contributed by atoms with Crippen LogP contribution in [0.2, 0.25) is 18.1 Å². The zero-order chi connectivity index (χ0) is 12.7. The lowest BCUT2D eigenvalue weighted by Crippen LogP contribution is -2.41. The van der Waals surface area contributed by atoms with E-state index >= 15 is 0 Å². The molecular formula is C14H28O2Si. The molecule has 0 aromatic carbocycles. The van der Waals surface area contributed by atoms with E-state index in [-0.39, 0.29) is 0 Å². The summed E-state index contributed by atoms with van der Waals surface area (Å²) < 4.78 is 6.55. The van der Waals surface area contributed by atoms with Gasteiger partial charge in [0.25, 0.3) is 0 Å². The number of aliphatic hydroxyl groups is 1. The predicted molar refractivity (Wildman–Crippen MR) is 75.6 cm³/mol. The van der Waals surface area contributed by atoms with E-state index in [1.165, 1.54) is 18.1 Å². The molecule has 100 valence electrons. The molecule has 0 aliphatic heterocycles. The summed E-state index contributed by atoms with van der Waals surface area (Å²) in [7, 11) is -1.47. The molecular weight excluding hydrogens is 228 g/mol. The molecule has 17 heavy (non-hydrogen) atoms. The van der Waals surface area contributed by atoms with Crippen LogP contribution in [0.1, 0.15) is 40.0 Å². The Hall–Kier alpha value is -0.123. The maximum absolute atomic E-state index is 8.93. The zero-order valence-electron chi connectivity index (χ0n) is 11.6. The lowest BCUT2D eigenvalue weighted by atomic mass is 10.0. The summed E-state index contributed by atoms with van der Waals surface area (Å²) in [6, 6.07) is 3.68. The molecule has 0 saturated heterocycles. The Bertz CT molecular complexity index is 228. The molecule has 2 atom stereocenters. The van der Waals surface area contributed by atoms with Gasteiger partial charge in [0.15, 0.2) is 8.32 Å². The molecule has 0 fully saturated rings. The van der Waals surface area contributed by atoms with E-state index in [0.29, 0.717) is 18.6 Å². The van der Waals surface area contributed by atoms with Crippen molar-refractivity contribution in [3.63, 3.8) is 0 Å². The minimum absolute atomic E-state index is 0.301. The molecule has 0 spiro atoms. The highest BCUT2D eigenvalue weighted by Gasteiger charge is 2.35. The Labute approximate surface area is 107 Å². The normalized spacial score (nSPS) is 24.5. The number of hydrogen-bond acceptors (Lipinski definition) is 2. The van der Waals surface area contributed by atoms with Crippen molar-refractivity contribution in [3.8, 4) is 0 Å². The van der Waals surface area contributed by atoms with Crippen LogP contribution in [0.25, 0.3) is 0 Å². The monoisotopic (exact) mass is 256 g/mol. The lowest BCUT2D eigenvalue weighted by molar-refractivity contribution is 0.145. The second-order valence-corrected chi connectivity index (χ2v) is 9.82. The third kappa shape index (κ3) is 3.93. The Balaban J connectivity index is 2.54. The molecule has 0 aromatic rings. The molecule has 2 nitrogen and oxygen atoms in total. The van der Waals surface area contributed by atoms with Crippen LogP contribution in [0.15, 0.2) is 12.2 Å². The van der Waals surface area contributed by atoms with Crippen molar-refractivity contribution >= 4 is 8.32 Å². The van der Waals surface area contributed by atoms with Gasteiger partial charge in [-0.3, -0.25) is 0 Å². The van der Waals surface area contributed by atoms with Gasteiger partial charge < -0.3 is 9.53 Å². The molecule has 1 rings (SSSR count). The third-order valence-electron chi connectivity index (χ3n) is 4.26. The summed E-state index contributed by atoms with van der Waals surface area (Å²) in [5.74, 6) is 0.540. The first-order valence-corrected chi connectivity index (χ1v) is 9.69. The molecule has 0 heterocycles. The highest BCUT2D eigenvalue weighted by Crippen LogP contribution is 2.32. The van der Waals surface area contributed by atoms with Crippen LogP contribution >= 0.6 is 0 Å². The van der Waals surface area contributed by atoms with Crippen molar-refractivity contribution in [2.45, 2.75) is 64.3 Å². The highest BCUT2D eigenvalue weighted by molar-refractivity contribution is 6.73. The van der Waals surface area contributed by atoms with Crippen LogP contribution < -0.4 is 0 Å². The van der Waals surface area contributed by atoms with E-state index in [2.05, 4.69) is 32.9 Å². The molecule has 1 N–H and O–H groups in total. The fourth-order valence-corrected chi connectivity index (χ4v) is 5.67. The van der Waals surface area contributed by atoms with Crippen LogP contribution in [0.4, 0.5) is 0 Å². The molecule has 2 unspecified atom stereocenters. The van der Waals surface area contributed by atoms with Gasteiger partial charge in [-0.05, 0) is 37.4 Å². The Morgan fingerprint density at radius 2 is 1.88 bits per heavy atom. The first-order valence-electron chi connectivity index (χ1n) is 7.16. The Morgan fingerprint density at radius 1 is 1.24 bits per heavy atom. The second kappa shape index (κ2) is 7.34. The van der Waals surface area contributed by atoms with Crippen molar-refractivity contribution in [2.24, 2.45) is 5.92 Å². The van der Waals surface area contributed by atoms with Crippen LogP contribution in [0, 0.1) is 5.92 Å². The second-order valence-electron chi connectivity index (χ2n) is 5.09. The van der Waals surface area contributed by atoms with Gasteiger partial charge in [0, 0.05) is 12.5 Å². The zero-order valence-corrected chi connectivity index (χ0v) is 12.6. The van der Waals surface area contributed by atoms with Gasteiger partial charge in [-0.25, -0.2) is 0 Å². The smallest absolute Gasteiger partial charge is 0.192 e. The molecule has 0 saturated carbocycles. The number of rotatable bonds is 8. The molecule has 0 aromatic heterocycles. The van der Waals surface area contributed by atoms with Gasteiger partial charge in [0.2, 0.25) is 0 Å². The molecule has 1 aliphatic rings. The van der Waals surface area contributed by atoms with E-state index in [1.807, 2.05) is 0 Å². The average Bonchev–Trinajstić information content (AvgIpc) is 2.80. The van der Waals surface area contributed by atoms with E-state index in [4.69, 9.17) is 9.53 Å². The number of hydrogen-bond donors (Lipinski definition) is 1. The maximum Gasteiger partial charge on any atom is 0.192 e. The van der Waals surface area contributed by atoms with Crippen LogP contribution in [0.5, 0.6) is 0 Å². The molecule has 1 aliphatic carbocycles. The summed E-state index contributed by atoms with van der Waals surface area (Å²) in [6.45, 7) is 7.15. The average molecular weight is 256 g/mol. The number of aliphatic hydroxyl groups excluding tert-OH is 1. The van der Waals surface area contributed by atoms with Crippen molar-refractivity contribution in [1.82, 2.24) is 0 Å². The Morgan fingerprint density at radius 3 is 2.41 bits per heavy atom. The SMILES string of the molecule is CC[Si](CC)(CC)OC1CC=CC1CCCO. The van der Waals surface area contributed by atoms with Crippen LogP contribution in [-0.4, -0.2) is 26.1 Å². The minimum atomic E-state index is -1.47. The Kier molecular flexibility index (Phi) is 6.45. The van der Waals surface area contributed by atoms with Crippen LogP contribution in [0.3, 0.4) is 0 Å². The van der Waals surface area contributed by atoms with Crippen molar-refractivity contribution < 1.29 is 9.53 Å². The van der Waals surface area contributed by atoms with Gasteiger partial charge >= 0.3 is 0 Å². The fraction of sp³-hybridized carbons (Fsp3) is 0.857.